The van der Waals surface area contributed by atoms with Gasteiger partial charge < -0.3 is 16.2 Å². The number of hydrogen-bond acceptors (Lipinski definition) is 3. The van der Waals surface area contributed by atoms with Crippen molar-refractivity contribution in [2.75, 3.05) is 11.9 Å². The second-order valence-corrected chi connectivity index (χ2v) is 5.05. The third-order valence-corrected chi connectivity index (χ3v) is 4.00. The topological polar surface area (TPSA) is 92.4 Å². The smallest absolute Gasteiger partial charge is 0.335 e. The molecule has 110 valence electrons. The van der Waals surface area contributed by atoms with Gasteiger partial charge in [-0.2, -0.15) is 0 Å². The van der Waals surface area contributed by atoms with Crippen LogP contribution in [0.15, 0.2) is 18.2 Å². The second kappa shape index (κ2) is 6.72. The average molecular weight is 299 g/mol. The molecular formula is C14H19ClN2O3. The van der Waals surface area contributed by atoms with Crippen LogP contribution in [-0.4, -0.2) is 23.5 Å². The predicted molar refractivity (Wildman–Crippen MR) is 79.1 cm³/mol. The van der Waals surface area contributed by atoms with Crippen molar-refractivity contribution in [1.82, 2.24) is 0 Å². The summed E-state index contributed by atoms with van der Waals surface area (Å²) in [5.74, 6) is -1.27. The summed E-state index contributed by atoms with van der Waals surface area (Å²) in [7, 11) is 0. The number of halogens is 1. The van der Waals surface area contributed by atoms with Crippen LogP contribution in [0, 0.1) is 5.41 Å². The third kappa shape index (κ3) is 3.29. The van der Waals surface area contributed by atoms with E-state index in [9.17, 15) is 9.59 Å². The molecule has 5 nitrogen and oxygen atoms in total. The van der Waals surface area contributed by atoms with Crippen molar-refractivity contribution in [1.29, 1.82) is 0 Å². The number of carbonyl (C=O) groups excluding carboxylic acids is 1. The molecule has 0 fully saturated rings. The zero-order chi connectivity index (χ0) is 15.3. The fourth-order valence-corrected chi connectivity index (χ4v) is 2.18. The molecule has 6 heteroatoms. The number of amides is 1. The van der Waals surface area contributed by atoms with Crippen LogP contribution in [0.1, 0.15) is 37.0 Å². The SMILES string of the molecule is CCC(CC)(CN)C(=O)Nc1ccc(C(=O)O)cc1Cl. The largest absolute Gasteiger partial charge is 0.478 e. The zero-order valence-corrected chi connectivity index (χ0v) is 12.3. The van der Waals surface area contributed by atoms with Crippen LogP contribution in [0.3, 0.4) is 0 Å². The summed E-state index contributed by atoms with van der Waals surface area (Å²) in [6, 6.07) is 4.18. The van der Waals surface area contributed by atoms with Crippen LogP contribution in [0.2, 0.25) is 5.02 Å². The molecule has 0 atom stereocenters. The van der Waals surface area contributed by atoms with Crippen LogP contribution in [-0.2, 0) is 4.79 Å². The molecule has 0 saturated heterocycles. The monoisotopic (exact) mass is 298 g/mol. The first-order valence-corrected chi connectivity index (χ1v) is 6.82. The lowest BCUT2D eigenvalue weighted by Gasteiger charge is -2.28. The van der Waals surface area contributed by atoms with Gasteiger partial charge in [-0.05, 0) is 31.0 Å². The molecule has 1 rings (SSSR count). The molecule has 0 spiro atoms. The molecular weight excluding hydrogens is 280 g/mol. The van der Waals surface area contributed by atoms with Crippen molar-refractivity contribution in [3.8, 4) is 0 Å². The van der Waals surface area contributed by atoms with Crippen molar-refractivity contribution < 1.29 is 14.7 Å². The molecule has 0 heterocycles. The Kier molecular flexibility index (Phi) is 5.53. The Labute approximate surface area is 123 Å². The van der Waals surface area contributed by atoms with E-state index in [1.807, 2.05) is 13.8 Å². The van der Waals surface area contributed by atoms with Gasteiger partial charge in [0, 0.05) is 6.54 Å². The highest BCUT2D eigenvalue weighted by Crippen LogP contribution is 2.29. The van der Waals surface area contributed by atoms with Gasteiger partial charge in [0.05, 0.1) is 21.7 Å². The van der Waals surface area contributed by atoms with Crippen molar-refractivity contribution in [2.45, 2.75) is 26.7 Å². The summed E-state index contributed by atoms with van der Waals surface area (Å²) in [5, 5.41) is 11.8. The van der Waals surface area contributed by atoms with E-state index in [1.165, 1.54) is 18.2 Å². The lowest BCUT2D eigenvalue weighted by atomic mass is 9.81. The van der Waals surface area contributed by atoms with E-state index in [-0.39, 0.29) is 23.0 Å². The first-order valence-electron chi connectivity index (χ1n) is 6.44. The van der Waals surface area contributed by atoms with Crippen LogP contribution in [0.25, 0.3) is 0 Å². The highest BCUT2D eigenvalue weighted by atomic mass is 35.5. The first-order chi connectivity index (χ1) is 9.40. The molecule has 1 aromatic carbocycles. The Morgan fingerprint density at radius 1 is 1.35 bits per heavy atom. The van der Waals surface area contributed by atoms with E-state index in [0.29, 0.717) is 18.5 Å². The minimum atomic E-state index is -1.07. The number of aromatic carboxylic acids is 1. The summed E-state index contributed by atoms with van der Waals surface area (Å²) in [5.41, 5.74) is 5.55. The number of rotatable bonds is 6. The molecule has 4 N–H and O–H groups in total. The van der Waals surface area contributed by atoms with Crippen LogP contribution in [0.4, 0.5) is 5.69 Å². The second-order valence-electron chi connectivity index (χ2n) is 4.65. The first kappa shape index (κ1) is 16.5. The molecule has 0 radical (unpaired) electrons. The molecule has 1 aromatic rings. The maximum absolute atomic E-state index is 12.3. The van der Waals surface area contributed by atoms with Gasteiger partial charge in [0.25, 0.3) is 0 Å². The maximum atomic E-state index is 12.3. The minimum absolute atomic E-state index is 0.0732. The number of nitrogens with two attached hydrogens (primary N) is 1. The molecule has 0 aliphatic heterocycles. The highest BCUT2D eigenvalue weighted by molar-refractivity contribution is 6.34. The Morgan fingerprint density at radius 2 is 1.95 bits per heavy atom. The minimum Gasteiger partial charge on any atom is -0.478 e. The van der Waals surface area contributed by atoms with Crippen molar-refractivity contribution in [3.05, 3.63) is 28.8 Å². The Morgan fingerprint density at radius 3 is 2.35 bits per heavy atom. The van der Waals surface area contributed by atoms with Gasteiger partial charge in [-0.3, -0.25) is 4.79 Å². The number of carboxylic acids is 1. The molecule has 1 amide bonds. The highest BCUT2D eigenvalue weighted by Gasteiger charge is 2.33. The van der Waals surface area contributed by atoms with Gasteiger partial charge in [0.2, 0.25) is 5.91 Å². The number of anilines is 1. The Bertz CT molecular complexity index is 505. The van der Waals surface area contributed by atoms with Crippen LogP contribution >= 0.6 is 11.6 Å². The van der Waals surface area contributed by atoms with Crippen LogP contribution in [0.5, 0.6) is 0 Å². The van der Waals surface area contributed by atoms with Crippen LogP contribution < -0.4 is 11.1 Å². The van der Waals surface area contributed by atoms with Gasteiger partial charge in [-0.1, -0.05) is 25.4 Å². The average Bonchev–Trinajstić information content (AvgIpc) is 2.43. The van der Waals surface area contributed by atoms with Crippen molar-refractivity contribution in [2.24, 2.45) is 11.1 Å². The van der Waals surface area contributed by atoms with E-state index in [1.54, 1.807) is 0 Å². The van der Waals surface area contributed by atoms with Crippen molar-refractivity contribution in [3.63, 3.8) is 0 Å². The molecule has 0 aliphatic rings. The zero-order valence-electron chi connectivity index (χ0n) is 11.6. The number of benzene rings is 1. The van der Waals surface area contributed by atoms with Gasteiger partial charge in [0.1, 0.15) is 0 Å². The molecule has 20 heavy (non-hydrogen) atoms. The molecule has 0 unspecified atom stereocenters. The standard InChI is InChI=1S/C14H19ClN2O3/c1-3-14(4-2,8-16)13(20)17-11-6-5-9(12(18)19)7-10(11)15/h5-7H,3-4,8,16H2,1-2H3,(H,17,20)(H,18,19). The third-order valence-electron chi connectivity index (χ3n) is 3.69. The molecule has 0 aromatic heterocycles. The Hall–Kier alpha value is -1.59. The van der Waals surface area contributed by atoms with E-state index in [4.69, 9.17) is 22.4 Å². The number of hydrogen-bond donors (Lipinski definition) is 3. The van der Waals surface area contributed by atoms with Gasteiger partial charge in [-0.15, -0.1) is 0 Å². The maximum Gasteiger partial charge on any atom is 0.335 e. The molecule has 0 bridgehead atoms. The summed E-state index contributed by atoms with van der Waals surface area (Å²) in [6.45, 7) is 4.06. The summed E-state index contributed by atoms with van der Waals surface area (Å²) >= 11 is 5.99. The fraction of sp³-hybridized carbons (Fsp3) is 0.429. The number of carboxylic acid groups (broad SMARTS) is 1. The summed E-state index contributed by atoms with van der Waals surface area (Å²) in [4.78, 5) is 23.2. The fourth-order valence-electron chi connectivity index (χ4n) is 1.96. The predicted octanol–water partition coefficient (Wildman–Crippen LogP) is 2.74. The lowest BCUT2D eigenvalue weighted by Crippen LogP contribution is -2.41. The van der Waals surface area contributed by atoms with Crippen molar-refractivity contribution >= 4 is 29.2 Å². The normalized spacial score (nSPS) is 11.2. The number of nitrogens with one attached hydrogen (secondary N) is 1. The number of carbonyl (C=O) groups is 2. The van der Waals surface area contributed by atoms with E-state index in [2.05, 4.69) is 5.32 Å². The van der Waals surface area contributed by atoms with Gasteiger partial charge in [-0.25, -0.2) is 4.79 Å². The lowest BCUT2D eigenvalue weighted by molar-refractivity contribution is -0.125. The molecule has 0 aliphatic carbocycles. The Balaban J connectivity index is 2.99. The summed E-state index contributed by atoms with van der Waals surface area (Å²) < 4.78 is 0. The van der Waals surface area contributed by atoms with E-state index >= 15 is 0 Å². The summed E-state index contributed by atoms with van der Waals surface area (Å²) in [6.07, 6.45) is 1.24. The van der Waals surface area contributed by atoms with E-state index < -0.39 is 11.4 Å². The van der Waals surface area contributed by atoms with E-state index in [0.717, 1.165) is 0 Å². The molecule has 0 saturated carbocycles. The van der Waals surface area contributed by atoms with Gasteiger partial charge >= 0.3 is 5.97 Å². The quantitative estimate of drug-likeness (QED) is 0.753. The van der Waals surface area contributed by atoms with Gasteiger partial charge in [0.15, 0.2) is 0 Å².